The van der Waals surface area contributed by atoms with Gasteiger partial charge in [0.2, 0.25) is 5.91 Å². The average Bonchev–Trinajstić information content (AvgIpc) is 2.65. The normalized spacial score (nSPS) is 20.1. The van der Waals surface area contributed by atoms with Crippen molar-refractivity contribution in [2.75, 3.05) is 37.6 Å². The van der Waals surface area contributed by atoms with Gasteiger partial charge in [0.1, 0.15) is 5.75 Å². The largest absolute Gasteiger partial charge is 0.477 e. The number of para-hydroxylation sites is 2. The van der Waals surface area contributed by atoms with Crippen molar-refractivity contribution in [3.8, 4) is 5.75 Å². The Morgan fingerprint density at radius 2 is 1.81 bits per heavy atom. The number of hydrogen-bond acceptors (Lipinski definition) is 4. The van der Waals surface area contributed by atoms with E-state index in [1.54, 1.807) is 0 Å². The average molecular weight is 373 g/mol. The van der Waals surface area contributed by atoms with E-state index >= 15 is 0 Å². The number of carbonyl (C=O) groups is 2. The number of nitrogens with zero attached hydrogens (tertiary/aromatic N) is 2. The fourth-order valence-electron chi connectivity index (χ4n) is 3.72. The van der Waals surface area contributed by atoms with Crippen LogP contribution in [0.2, 0.25) is 0 Å². The molecule has 2 aliphatic rings. The first-order valence-electron chi connectivity index (χ1n) is 10.2. The summed E-state index contributed by atoms with van der Waals surface area (Å²) in [6, 6.07) is 7.65. The SMILES string of the molecule is CCCNC(=O)[C@@H]1CN(CC(=O)N2CCCCCCC2)c2ccccc2O1. The predicted octanol–water partition coefficient (Wildman–Crippen LogP) is 2.57. The third kappa shape index (κ3) is 5.15. The van der Waals surface area contributed by atoms with Crippen LogP contribution >= 0.6 is 0 Å². The van der Waals surface area contributed by atoms with Gasteiger partial charge in [0.25, 0.3) is 5.91 Å². The summed E-state index contributed by atoms with van der Waals surface area (Å²) in [6.45, 7) is 5.01. The van der Waals surface area contributed by atoms with Crippen molar-refractivity contribution in [1.29, 1.82) is 0 Å². The highest BCUT2D eigenvalue weighted by molar-refractivity contribution is 5.86. The van der Waals surface area contributed by atoms with Crippen LogP contribution in [0.5, 0.6) is 5.75 Å². The molecule has 1 saturated heterocycles. The van der Waals surface area contributed by atoms with Crippen molar-refractivity contribution in [3.63, 3.8) is 0 Å². The molecule has 148 valence electrons. The molecular formula is C21H31N3O3. The molecule has 3 rings (SSSR count). The Labute approximate surface area is 161 Å². The lowest BCUT2D eigenvalue weighted by Gasteiger charge is -2.36. The predicted molar refractivity (Wildman–Crippen MR) is 106 cm³/mol. The van der Waals surface area contributed by atoms with Crippen LogP contribution in [0.3, 0.4) is 0 Å². The molecule has 0 aliphatic carbocycles. The number of carbonyl (C=O) groups excluding carboxylic acids is 2. The van der Waals surface area contributed by atoms with Gasteiger partial charge in [-0.05, 0) is 31.4 Å². The molecule has 27 heavy (non-hydrogen) atoms. The Hall–Kier alpha value is -2.24. The molecule has 2 amide bonds. The smallest absolute Gasteiger partial charge is 0.262 e. The molecule has 0 unspecified atom stereocenters. The second-order valence-electron chi connectivity index (χ2n) is 7.39. The number of likely N-dealkylation sites (tertiary alicyclic amines) is 1. The second kappa shape index (κ2) is 9.62. The van der Waals surface area contributed by atoms with E-state index < -0.39 is 6.10 Å². The van der Waals surface area contributed by atoms with Crippen LogP contribution in [-0.4, -0.2) is 55.5 Å². The molecule has 0 saturated carbocycles. The number of ether oxygens (including phenoxy) is 1. The van der Waals surface area contributed by atoms with Gasteiger partial charge in [0.05, 0.1) is 18.8 Å². The molecule has 6 nitrogen and oxygen atoms in total. The van der Waals surface area contributed by atoms with Gasteiger partial charge in [0.15, 0.2) is 6.10 Å². The Bertz CT molecular complexity index is 641. The molecule has 1 aromatic rings. The first kappa shape index (κ1) is 19.5. The van der Waals surface area contributed by atoms with Gasteiger partial charge in [-0.25, -0.2) is 0 Å². The molecule has 1 N–H and O–H groups in total. The Morgan fingerprint density at radius 1 is 1.11 bits per heavy atom. The number of rotatable bonds is 5. The number of amides is 2. The van der Waals surface area contributed by atoms with Crippen LogP contribution in [-0.2, 0) is 9.59 Å². The van der Waals surface area contributed by atoms with E-state index in [9.17, 15) is 9.59 Å². The van der Waals surface area contributed by atoms with Crippen LogP contribution in [0, 0.1) is 0 Å². The quantitative estimate of drug-likeness (QED) is 0.862. The van der Waals surface area contributed by atoms with Gasteiger partial charge in [-0.2, -0.15) is 0 Å². The van der Waals surface area contributed by atoms with Crippen molar-refractivity contribution in [2.24, 2.45) is 0 Å². The minimum atomic E-state index is -0.591. The lowest BCUT2D eigenvalue weighted by atomic mass is 10.1. The summed E-state index contributed by atoms with van der Waals surface area (Å²) in [4.78, 5) is 29.3. The molecule has 0 spiro atoms. The Kier molecular flexibility index (Phi) is 6.96. The highest BCUT2D eigenvalue weighted by Gasteiger charge is 2.32. The molecule has 6 heteroatoms. The van der Waals surface area contributed by atoms with Crippen molar-refractivity contribution in [3.05, 3.63) is 24.3 Å². The van der Waals surface area contributed by atoms with Gasteiger partial charge in [-0.15, -0.1) is 0 Å². The van der Waals surface area contributed by atoms with Gasteiger partial charge in [-0.3, -0.25) is 9.59 Å². The first-order chi connectivity index (χ1) is 13.2. The van der Waals surface area contributed by atoms with Crippen LogP contribution in [0.25, 0.3) is 0 Å². The standard InChI is InChI=1S/C21H31N3O3/c1-2-12-22-21(26)19-15-24(17-10-6-7-11-18(17)27-19)16-20(25)23-13-8-4-3-5-9-14-23/h6-7,10-11,19H,2-5,8-9,12-16H2,1H3,(H,22,26)/t19-/m0/s1. The van der Waals surface area contributed by atoms with Crippen LogP contribution in [0.1, 0.15) is 45.4 Å². The highest BCUT2D eigenvalue weighted by Crippen LogP contribution is 2.33. The summed E-state index contributed by atoms with van der Waals surface area (Å²) >= 11 is 0. The zero-order valence-electron chi connectivity index (χ0n) is 16.3. The van der Waals surface area contributed by atoms with E-state index in [1.807, 2.05) is 41.0 Å². The summed E-state index contributed by atoms with van der Waals surface area (Å²) in [5, 5.41) is 2.90. The highest BCUT2D eigenvalue weighted by atomic mass is 16.5. The molecule has 2 heterocycles. The van der Waals surface area contributed by atoms with E-state index in [0.29, 0.717) is 18.8 Å². The molecule has 1 fully saturated rings. The lowest BCUT2D eigenvalue weighted by molar-refractivity contribution is -0.131. The monoisotopic (exact) mass is 373 g/mol. The number of fused-ring (bicyclic) bond motifs is 1. The molecular weight excluding hydrogens is 342 g/mol. The Balaban J connectivity index is 1.70. The maximum Gasteiger partial charge on any atom is 0.262 e. The van der Waals surface area contributed by atoms with Crippen LogP contribution in [0.4, 0.5) is 5.69 Å². The maximum atomic E-state index is 12.9. The molecule has 0 bridgehead atoms. The molecule has 1 aromatic carbocycles. The van der Waals surface area contributed by atoms with Crippen molar-refractivity contribution in [2.45, 2.75) is 51.6 Å². The van der Waals surface area contributed by atoms with Gasteiger partial charge >= 0.3 is 0 Å². The fourth-order valence-corrected chi connectivity index (χ4v) is 3.72. The molecule has 2 aliphatic heterocycles. The number of nitrogens with one attached hydrogen (secondary N) is 1. The van der Waals surface area contributed by atoms with Gasteiger partial charge in [-0.1, -0.05) is 38.3 Å². The third-order valence-corrected chi connectivity index (χ3v) is 5.24. The summed E-state index contributed by atoms with van der Waals surface area (Å²) in [5.74, 6) is 0.692. The van der Waals surface area contributed by atoms with Gasteiger partial charge in [0, 0.05) is 19.6 Å². The molecule has 1 atom stereocenters. The summed E-state index contributed by atoms with van der Waals surface area (Å²) in [7, 11) is 0. The number of hydrogen-bond donors (Lipinski definition) is 1. The zero-order valence-corrected chi connectivity index (χ0v) is 16.3. The second-order valence-corrected chi connectivity index (χ2v) is 7.39. The summed E-state index contributed by atoms with van der Waals surface area (Å²) in [5.41, 5.74) is 0.887. The zero-order chi connectivity index (χ0) is 19.1. The minimum Gasteiger partial charge on any atom is -0.477 e. The minimum absolute atomic E-state index is 0.116. The molecule has 0 aromatic heterocycles. The van der Waals surface area contributed by atoms with Crippen LogP contribution < -0.4 is 15.0 Å². The van der Waals surface area contributed by atoms with Crippen molar-refractivity contribution < 1.29 is 14.3 Å². The van der Waals surface area contributed by atoms with E-state index in [4.69, 9.17) is 4.74 Å². The summed E-state index contributed by atoms with van der Waals surface area (Å²) in [6.07, 6.45) is 6.11. The first-order valence-corrected chi connectivity index (χ1v) is 10.2. The van der Waals surface area contributed by atoms with Crippen molar-refractivity contribution >= 4 is 17.5 Å². The number of benzene rings is 1. The van der Waals surface area contributed by atoms with E-state index in [0.717, 1.165) is 38.0 Å². The van der Waals surface area contributed by atoms with Crippen LogP contribution in [0.15, 0.2) is 24.3 Å². The van der Waals surface area contributed by atoms with Gasteiger partial charge < -0.3 is 19.9 Å². The van der Waals surface area contributed by atoms with E-state index in [-0.39, 0.29) is 18.4 Å². The topological polar surface area (TPSA) is 61.9 Å². The van der Waals surface area contributed by atoms with E-state index in [1.165, 1.54) is 19.3 Å². The summed E-state index contributed by atoms with van der Waals surface area (Å²) < 4.78 is 5.91. The third-order valence-electron chi connectivity index (χ3n) is 5.24. The number of anilines is 1. The fraction of sp³-hybridized carbons (Fsp3) is 0.619. The molecule has 0 radical (unpaired) electrons. The van der Waals surface area contributed by atoms with Crippen molar-refractivity contribution in [1.82, 2.24) is 10.2 Å². The Morgan fingerprint density at radius 3 is 2.56 bits per heavy atom. The van der Waals surface area contributed by atoms with E-state index in [2.05, 4.69) is 5.32 Å². The lowest BCUT2D eigenvalue weighted by Crippen LogP contribution is -2.52. The maximum absolute atomic E-state index is 12.9.